The second-order valence-electron chi connectivity index (χ2n) is 11.0. The molecule has 3 atom stereocenters. The average molecular weight is 574 g/mol. The summed E-state index contributed by atoms with van der Waals surface area (Å²) in [4.78, 5) is 66.6. The molecule has 0 saturated heterocycles. The van der Waals surface area contributed by atoms with Gasteiger partial charge in [-0.2, -0.15) is 0 Å². The molecule has 1 aliphatic carbocycles. The van der Waals surface area contributed by atoms with Gasteiger partial charge in [-0.3, -0.25) is 24.0 Å². The fourth-order valence-electron chi connectivity index (χ4n) is 5.03. The van der Waals surface area contributed by atoms with E-state index in [9.17, 15) is 24.0 Å². The zero-order chi connectivity index (χ0) is 30.0. The number of ether oxygens (including phenoxy) is 2. The largest absolute Gasteiger partial charge is 0.491 e. The molecule has 41 heavy (non-hydrogen) atoms. The van der Waals surface area contributed by atoms with E-state index in [4.69, 9.17) is 9.47 Å². The van der Waals surface area contributed by atoms with Crippen LogP contribution in [0.5, 0.6) is 5.75 Å². The number of nitrogens with one attached hydrogen (secondary N) is 5. The van der Waals surface area contributed by atoms with Gasteiger partial charge in [-0.25, -0.2) is 0 Å². The van der Waals surface area contributed by atoms with Crippen molar-refractivity contribution < 1.29 is 33.4 Å². The van der Waals surface area contributed by atoms with Crippen LogP contribution in [0.1, 0.15) is 70.2 Å². The Balaban J connectivity index is 1.95. The lowest BCUT2D eigenvalue weighted by Gasteiger charge is -2.33. The highest BCUT2D eigenvalue weighted by molar-refractivity contribution is 6.01. The monoisotopic (exact) mass is 573 g/mol. The molecular formula is C29H43N5O7. The highest BCUT2D eigenvalue weighted by Gasteiger charge is 2.44. The Kier molecular flexibility index (Phi) is 11.5. The fraction of sp³-hybridized carbons (Fsp3) is 0.621. The number of carbonyl (C=O) groups is 5. The Morgan fingerprint density at radius 2 is 1.80 bits per heavy atom. The maximum atomic E-state index is 13.6. The van der Waals surface area contributed by atoms with Gasteiger partial charge in [0.1, 0.15) is 30.0 Å². The molecule has 1 saturated carbocycles. The molecule has 12 heteroatoms. The van der Waals surface area contributed by atoms with E-state index in [0.29, 0.717) is 19.4 Å². The van der Waals surface area contributed by atoms with Crippen LogP contribution >= 0.6 is 0 Å². The van der Waals surface area contributed by atoms with E-state index in [2.05, 4.69) is 26.6 Å². The predicted molar refractivity (Wildman–Crippen MR) is 151 cm³/mol. The van der Waals surface area contributed by atoms with Crippen LogP contribution < -0.4 is 31.3 Å². The molecule has 12 nitrogen and oxygen atoms in total. The summed E-state index contributed by atoms with van der Waals surface area (Å²) in [5, 5.41) is 14.0. The third kappa shape index (κ3) is 8.66. The van der Waals surface area contributed by atoms with Crippen molar-refractivity contribution in [3.63, 3.8) is 0 Å². The molecule has 1 fully saturated rings. The first-order valence-corrected chi connectivity index (χ1v) is 14.4. The highest BCUT2D eigenvalue weighted by atomic mass is 16.5. The molecule has 0 unspecified atom stereocenters. The minimum absolute atomic E-state index is 0.0557. The van der Waals surface area contributed by atoms with Gasteiger partial charge in [0.2, 0.25) is 23.6 Å². The van der Waals surface area contributed by atoms with Crippen LogP contribution in [0.4, 0.5) is 0 Å². The second kappa shape index (κ2) is 14.8. The third-order valence-corrected chi connectivity index (χ3v) is 7.28. The van der Waals surface area contributed by atoms with Crippen LogP contribution in [0.15, 0.2) is 24.3 Å². The van der Waals surface area contributed by atoms with Crippen molar-refractivity contribution >= 4 is 29.5 Å². The molecular weight excluding hydrogens is 530 g/mol. The summed E-state index contributed by atoms with van der Waals surface area (Å²) < 4.78 is 11.2. The SMILES string of the molecule is CCOCCNC(=O)[C@@H]1CC(=O)NC2(CCCC2)C(=O)N[C@H](C(C)C)C(=O)N[C@@H](C)COc2ccccc2C(=O)N1. The van der Waals surface area contributed by atoms with Crippen molar-refractivity contribution in [3.8, 4) is 5.75 Å². The van der Waals surface area contributed by atoms with Crippen molar-refractivity contribution in [2.75, 3.05) is 26.4 Å². The molecule has 1 heterocycles. The maximum absolute atomic E-state index is 13.6. The molecule has 0 radical (unpaired) electrons. The van der Waals surface area contributed by atoms with E-state index < -0.39 is 53.7 Å². The quantitative estimate of drug-likeness (QED) is 0.314. The van der Waals surface area contributed by atoms with Crippen LogP contribution in [0.2, 0.25) is 0 Å². The zero-order valence-corrected chi connectivity index (χ0v) is 24.3. The number of amides is 5. The molecule has 1 spiro atoms. The van der Waals surface area contributed by atoms with Gasteiger partial charge in [0.05, 0.1) is 24.6 Å². The number of benzene rings is 1. The van der Waals surface area contributed by atoms with E-state index >= 15 is 0 Å². The van der Waals surface area contributed by atoms with Gasteiger partial charge in [-0.05, 0) is 44.7 Å². The van der Waals surface area contributed by atoms with Crippen molar-refractivity contribution in [2.24, 2.45) is 5.92 Å². The molecule has 1 aromatic rings. The Bertz CT molecular complexity index is 1100. The predicted octanol–water partition coefficient (Wildman–Crippen LogP) is 0.795. The highest BCUT2D eigenvalue weighted by Crippen LogP contribution is 2.30. The maximum Gasteiger partial charge on any atom is 0.255 e. The van der Waals surface area contributed by atoms with Crippen LogP contribution in [0.25, 0.3) is 0 Å². The molecule has 2 aliphatic rings. The lowest BCUT2D eigenvalue weighted by Crippen LogP contribution is -2.62. The summed E-state index contributed by atoms with van der Waals surface area (Å²) in [7, 11) is 0. The number of hydrogen-bond donors (Lipinski definition) is 5. The zero-order valence-electron chi connectivity index (χ0n) is 24.3. The van der Waals surface area contributed by atoms with E-state index in [1.807, 2.05) is 20.8 Å². The van der Waals surface area contributed by atoms with Gasteiger partial charge in [0.25, 0.3) is 5.91 Å². The lowest BCUT2D eigenvalue weighted by atomic mass is 9.93. The first-order valence-electron chi connectivity index (χ1n) is 14.4. The summed E-state index contributed by atoms with van der Waals surface area (Å²) in [5.74, 6) is -2.52. The molecule has 1 aromatic carbocycles. The van der Waals surface area contributed by atoms with E-state index in [1.54, 1.807) is 31.2 Å². The summed E-state index contributed by atoms with van der Waals surface area (Å²) in [6.07, 6.45) is 1.83. The Morgan fingerprint density at radius 1 is 1.10 bits per heavy atom. The molecule has 1 aliphatic heterocycles. The van der Waals surface area contributed by atoms with Gasteiger partial charge < -0.3 is 36.1 Å². The van der Waals surface area contributed by atoms with E-state index in [-0.39, 0.29) is 42.9 Å². The minimum atomic E-state index is -1.22. The van der Waals surface area contributed by atoms with E-state index in [1.165, 1.54) is 0 Å². The minimum Gasteiger partial charge on any atom is -0.491 e. The van der Waals surface area contributed by atoms with Gasteiger partial charge in [-0.1, -0.05) is 38.8 Å². The topological polar surface area (TPSA) is 164 Å². The molecule has 5 N–H and O–H groups in total. The molecule has 3 rings (SSSR count). The number of rotatable bonds is 6. The smallest absolute Gasteiger partial charge is 0.255 e. The van der Waals surface area contributed by atoms with Crippen LogP contribution in [-0.2, 0) is 23.9 Å². The second-order valence-corrected chi connectivity index (χ2v) is 11.0. The lowest BCUT2D eigenvalue weighted by molar-refractivity contribution is -0.137. The van der Waals surface area contributed by atoms with Gasteiger partial charge in [0, 0.05) is 13.2 Å². The number of para-hydroxylation sites is 1. The van der Waals surface area contributed by atoms with Crippen LogP contribution in [0, 0.1) is 5.92 Å². The van der Waals surface area contributed by atoms with Crippen molar-refractivity contribution in [1.29, 1.82) is 0 Å². The third-order valence-electron chi connectivity index (χ3n) is 7.28. The molecule has 226 valence electrons. The Morgan fingerprint density at radius 3 is 2.49 bits per heavy atom. The molecule has 0 bridgehead atoms. The summed E-state index contributed by atoms with van der Waals surface area (Å²) >= 11 is 0. The first-order chi connectivity index (χ1) is 19.6. The number of hydrogen-bond acceptors (Lipinski definition) is 7. The van der Waals surface area contributed by atoms with E-state index in [0.717, 1.165) is 12.8 Å². The van der Waals surface area contributed by atoms with Gasteiger partial charge in [-0.15, -0.1) is 0 Å². The number of carbonyl (C=O) groups excluding carboxylic acids is 5. The Labute approximate surface area is 241 Å². The van der Waals surface area contributed by atoms with Gasteiger partial charge >= 0.3 is 0 Å². The molecule has 5 amide bonds. The molecule has 0 aromatic heterocycles. The van der Waals surface area contributed by atoms with Crippen LogP contribution in [0.3, 0.4) is 0 Å². The normalized spacial score (nSPS) is 23.9. The Hall–Kier alpha value is -3.67. The average Bonchev–Trinajstić information content (AvgIpc) is 3.41. The fourth-order valence-corrected chi connectivity index (χ4v) is 5.03. The van der Waals surface area contributed by atoms with Gasteiger partial charge in [0.15, 0.2) is 0 Å². The summed E-state index contributed by atoms with van der Waals surface area (Å²) in [5.41, 5.74) is -1.05. The standard InChI is InChI=1S/C29H43N5O7/c1-5-40-15-14-30-26(37)21-16-23(35)34-29(12-8-9-13-29)28(39)33-24(18(2)3)27(38)31-19(4)17-41-22-11-7-6-10-20(22)25(36)32-21/h6-7,10-11,18-19,21,24H,5,8-9,12-17H2,1-4H3,(H,30,37)(H,31,38)(H,32,36)(H,33,39)(H,34,35)/t19-,21-,24+/m0/s1. The van der Waals surface area contributed by atoms with Crippen molar-refractivity contribution in [1.82, 2.24) is 26.6 Å². The first kappa shape index (κ1) is 31.9. The summed E-state index contributed by atoms with van der Waals surface area (Å²) in [6.45, 7) is 8.26. The number of fused-ring (bicyclic) bond motifs is 1. The van der Waals surface area contributed by atoms with Crippen molar-refractivity contribution in [3.05, 3.63) is 29.8 Å². The van der Waals surface area contributed by atoms with Crippen molar-refractivity contribution in [2.45, 2.75) is 83.5 Å². The van der Waals surface area contributed by atoms with Crippen LogP contribution in [-0.4, -0.2) is 79.6 Å². The summed E-state index contributed by atoms with van der Waals surface area (Å²) in [6, 6.07) is 4.02.